The van der Waals surface area contributed by atoms with Crippen LogP contribution in [0.25, 0.3) is 0 Å². The first kappa shape index (κ1) is 23.0. The van der Waals surface area contributed by atoms with Gasteiger partial charge in [0.2, 0.25) is 15.9 Å². The first-order chi connectivity index (χ1) is 14.4. The number of piperidine rings is 2. The van der Waals surface area contributed by atoms with Crippen molar-refractivity contribution in [2.24, 2.45) is 11.8 Å². The molecule has 3 rings (SSSR count). The van der Waals surface area contributed by atoms with Crippen LogP contribution in [0.15, 0.2) is 29.2 Å². The van der Waals surface area contributed by atoms with Crippen molar-refractivity contribution >= 4 is 15.9 Å². The zero-order valence-electron chi connectivity index (χ0n) is 18.2. The zero-order chi connectivity index (χ0) is 21.6. The Morgan fingerprint density at radius 2 is 1.83 bits per heavy atom. The molecule has 168 valence electrons. The van der Waals surface area contributed by atoms with Gasteiger partial charge in [0.1, 0.15) is 5.75 Å². The molecule has 2 aliphatic rings. The monoisotopic (exact) mass is 437 g/mol. The number of methoxy groups -OCH3 is 1. The summed E-state index contributed by atoms with van der Waals surface area (Å²) in [6, 6.07) is 6.43. The van der Waals surface area contributed by atoms with Crippen LogP contribution >= 0.6 is 0 Å². The molecule has 2 aliphatic heterocycles. The molecule has 2 saturated heterocycles. The molecule has 7 nitrogen and oxygen atoms in total. The molecular weight excluding hydrogens is 402 g/mol. The van der Waals surface area contributed by atoms with Gasteiger partial charge >= 0.3 is 0 Å². The molecule has 1 aromatic carbocycles. The molecule has 1 amide bonds. The number of hydrogen-bond acceptors (Lipinski definition) is 5. The maximum Gasteiger partial charge on any atom is 0.243 e. The van der Waals surface area contributed by atoms with Crippen LogP contribution in [0.5, 0.6) is 5.75 Å². The van der Waals surface area contributed by atoms with Gasteiger partial charge in [0.15, 0.2) is 0 Å². The van der Waals surface area contributed by atoms with Crippen molar-refractivity contribution in [1.82, 2.24) is 14.5 Å². The summed E-state index contributed by atoms with van der Waals surface area (Å²) in [6.07, 6.45) is 4.67. The van der Waals surface area contributed by atoms with E-state index in [-0.39, 0.29) is 16.7 Å². The van der Waals surface area contributed by atoms with Crippen LogP contribution in [0.2, 0.25) is 0 Å². The minimum atomic E-state index is -3.53. The molecule has 0 spiro atoms. The third-order valence-electron chi connectivity index (χ3n) is 6.21. The summed E-state index contributed by atoms with van der Waals surface area (Å²) in [5.74, 6) is 1.35. The number of hydrogen-bond donors (Lipinski definition) is 1. The summed E-state index contributed by atoms with van der Waals surface area (Å²) in [5, 5.41) is 3.05. The number of rotatable bonds is 8. The number of amides is 1. The van der Waals surface area contributed by atoms with E-state index in [0.717, 1.165) is 25.4 Å². The van der Waals surface area contributed by atoms with Gasteiger partial charge in [-0.25, -0.2) is 8.42 Å². The summed E-state index contributed by atoms with van der Waals surface area (Å²) < 4.78 is 32.2. The molecule has 0 aromatic heterocycles. The number of likely N-dealkylation sites (tertiary alicyclic amines) is 1. The standard InChI is InChI=1S/C22H35N3O4S/c1-18-5-3-13-24(17-18)14-4-12-23-22(26)19-10-15-25(16-11-19)30(27,28)21-8-6-20(29-2)7-9-21/h6-9,18-19H,3-5,10-17H2,1-2H3,(H,23,26)/t18-/m1/s1. The second-order valence-corrected chi connectivity index (χ2v) is 10.5. The van der Waals surface area contributed by atoms with Gasteiger partial charge in [0.05, 0.1) is 12.0 Å². The van der Waals surface area contributed by atoms with Crippen LogP contribution in [0.4, 0.5) is 0 Å². The Labute approximate surface area is 180 Å². The van der Waals surface area contributed by atoms with Gasteiger partial charge in [-0.1, -0.05) is 6.92 Å². The van der Waals surface area contributed by atoms with Gasteiger partial charge in [-0.15, -0.1) is 0 Å². The van der Waals surface area contributed by atoms with Gasteiger partial charge < -0.3 is 15.0 Å². The highest BCUT2D eigenvalue weighted by atomic mass is 32.2. The van der Waals surface area contributed by atoms with E-state index in [4.69, 9.17) is 4.74 Å². The van der Waals surface area contributed by atoms with Gasteiger partial charge in [0, 0.05) is 32.1 Å². The Hall–Kier alpha value is -1.64. The topological polar surface area (TPSA) is 79.0 Å². The minimum Gasteiger partial charge on any atom is -0.497 e. The van der Waals surface area contributed by atoms with E-state index >= 15 is 0 Å². The van der Waals surface area contributed by atoms with Crippen molar-refractivity contribution < 1.29 is 17.9 Å². The van der Waals surface area contributed by atoms with E-state index < -0.39 is 10.0 Å². The van der Waals surface area contributed by atoms with Crippen LogP contribution in [0.3, 0.4) is 0 Å². The van der Waals surface area contributed by atoms with Crippen molar-refractivity contribution in [1.29, 1.82) is 0 Å². The normalized spacial score (nSPS) is 22.0. The van der Waals surface area contributed by atoms with E-state index in [1.807, 2.05) is 0 Å². The number of ether oxygens (including phenoxy) is 1. The summed E-state index contributed by atoms with van der Waals surface area (Å²) in [7, 11) is -1.98. The molecule has 8 heteroatoms. The highest BCUT2D eigenvalue weighted by Crippen LogP contribution is 2.25. The third kappa shape index (κ3) is 5.95. The maximum atomic E-state index is 12.8. The number of nitrogens with zero attached hydrogens (tertiary/aromatic N) is 2. The molecule has 1 aromatic rings. The fourth-order valence-electron chi connectivity index (χ4n) is 4.40. The fourth-order valence-corrected chi connectivity index (χ4v) is 5.87. The second kappa shape index (κ2) is 10.6. The molecule has 0 bridgehead atoms. The smallest absolute Gasteiger partial charge is 0.243 e. The molecule has 1 N–H and O–H groups in total. The Bertz CT molecular complexity index is 789. The lowest BCUT2D eigenvalue weighted by Gasteiger charge is -2.31. The highest BCUT2D eigenvalue weighted by molar-refractivity contribution is 7.89. The Morgan fingerprint density at radius 1 is 1.13 bits per heavy atom. The van der Waals surface area contributed by atoms with E-state index in [0.29, 0.717) is 38.2 Å². The fraction of sp³-hybridized carbons (Fsp3) is 0.682. The van der Waals surface area contributed by atoms with Crippen LogP contribution in [-0.4, -0.2) is 69.9 Å². The average molecular weight is 438 g/mol. The van der Waals surface area contributed by atoms with Gasteiger partial charge in [0.25, 0.3) is 0 Å². The third-order valence-corrected chi connectivity index (χ3v) is 8.13. The predicted molar refractivity (Wildman–Crippen MR) is 117 cm³/mol. The molecule has 30 heavy (non-hydrogen) atoms. The average Bonchev–Trinajstić information content (AvgIpc) is 2.77. The van der Waals surface area contributed by atoms with Crippen LogP contribution < -0.4 is 10.1 Å². The predicted octanol–water partition coefficient (Wildman–Crippen LogP) is 2.33. The number of carbonyl (C=O) groups excluding carboxylic acids is 1. The van der Waals surface area contributed by atoms with E-state index in [9.17, 15) is 13.2 Å². The molecule has 0 radical (unpaired) electrons. The first-order valence-electron chi connectivity index (χ1n) is 11.0. The number of nitrogens with one attached hydrogen (secondary N) is 1. The second-order valence-electron chi connectivity index (χ2n) is 8.55. The largest absolute Gasteiger partial charge is 0.497 e. The number of sulfonamides is 1. The lowest BCUT2D eigenvalue weighted by molar-refractivity contribution is -0.126. The summed E-state index contributed by atoms with van der Waals surface area (Å²) >= 11 is 0. The quantitative estimate of drug-likeness (QED) is 0.632. The molecule has 0 aliphatic carbocycles. The Kier molecular flexibility index (Phi) is 8.13. The molecular formula is C22H35N3O4S. The lowest BCUT2D eigenvalue weighted by Crippen LogP contribution is -2.43. The lowest BCUT2D eigenvalue weighted by atomic mass is 9.97. The molecule has 1 atom stereocenters. The maximum absolute atomic E-state index is 12.8. The van der Waals surface area contributed by atoms with Crippen molar-refractivity contribution in [2.75, 3.05) is 46.4 Å². The first-order valence-corrected chi connectivity index (χ1v) is 12.5. The molecule has 2 fully saturated rings. The summed E-state index contributed by atoms with van der Waals surface area (Å²) in [5.41, 5.74) is 0. The van der Waals surface area contributed by atoms with Crippen molar-refractivity contribution in [3.8, 4) is 5.75 Å². The van der Waals surface area contributed by atoms with Crippen molar-refractivity contribution in [2.45, 2.75) is 43.9 Å². The number of carbonyl (C=O) groups is 1. The number of benzene rings is 1. The van der Waals surface area contributed by atoms with Crippen LogP contribution in [0, 0.1) is 11.8 Å². The summed E-state index contributed by atoms with van der Waals surface area (Å²) in [6.45, 7) is 7.09. The Morgan fingerprint density at radius 3 is 2.47 bits per heavy atom. The van der Waals surface area contributed by atoms with Crippen molar-refractivity contribution in [3.05, 3.63) is 24.3 Å². The molecule has 2 heterocycles. The van der Waals surface area contributed by atoms with Crippen LogP contribution in [0.1, 0.15) is 39.0 Å². The minimum absolute atomic E-state index is 0.0588. The van der Waals surface area contributed by atoms with E-state index in [1.54, 1.807) is 31.4 Å². The molecule has 0 saturated carbocycles. The van der Waals surface area contributed by atoms with Crippen molar-refractivity contribution in [3.63, 3.8) is 0 Å². The SMILES string of the molecule is COc1ccc(S(=O)(=O)N2CCC(C(=O)NCCCN3CCC[C@@H](C)C3)CC2)cc1. The van der Waals surface area contributed by atoms with Gasteiger partial charge in [-0.05, 0) is 75.4 Å². The molecule has 0 unspecified atom stereocenters. The van der Waals surface area contributed by atoms with E-state index in [2.05, 4.69) is 17.1 Å². The van der Waals surface area contributed by atoms with E-state index in [1.165, 1.54) is 23.7 Å². The summed E-state index contributed by atoms with van der Waals surface area (Å²) in [4.78, 5) is 15.2. The van der Waals surface area contributed by atoms with Gasteiger partial charge in [-0.2, -0.15) is 4.31 Å². The highest BCUT2D eigenvalue weighted by Gasteiger charge is 2.32. The van der Waals surface area contributed by atoms with Gasteiger partial charge in [-0.3, -0.25) is 4.79 Å². The zero-order valence-corrected chi connectivity index (χ0v) is 19.0. The van der Waals surface area contributed by atoms with Crippen LogP contribution in [-0.2, 0) is 14.8 Å². The Balaban J connectivity index is 1.40.